The predicted molar refractivity (Wildman–Crippen MR) is 85.5 cm³/mol. The number of amides is 1. The first kappa shape index (κ1) is 15.2. The van der Waals surface area contributed by atoms with Crippen LogP contribution in [0.2, 0.25) is 0 Å². The standard InChI is InChI=1S/C16H19N5O2/c1-10-13(15(17)23)14(11-6-3-2-4-7-11)21-16(18-10)19-12(20-21)8-5-9-22/h2-4,6-7,14,22H,5,8-9H2,1H3,(H2,17,23)(H,18,19,20)/t14-/m1/s1. The second-order valence-corrected chi connectivity index (χ2v) is 5.46. The smallest absolute Gasteiger partial charge is 0.248 e. The fraction of sp³-hybridized carbons (Fsp3) is 0.312. The van der Waals surface area contributed by atoms with E-state index >= 15 is 0 Å². The number of nitrogens with one attached hydrogen (secondary N) is 1. The molecule has 3 rings (SSSR count). The van der Waals surface area contributed by atoms with Crippen molar-refractivity contribution in [1.82, 2.24) is 14.8 Å². The van der Waals surface area contributed by atoms with Gasteiger partial charge >= 0.3 is 0 Å². The lowest BCUT2D eigenvalue weighted by Crippen LogP contribution is -2.31. The number of rotatable bonds is 5. The molecule has 0 saturated heterocycles. The van der Waals surface area contributed by atoms with Gasteiger partial charge in [0.1, 0.15) is 6.04 Å². The summed E-state index contributed by atoms with van der Waals surface area (Å²) in [7, 11) is 0. The van der Waals surface area contributed by atoms with Crippen LogP contribution in [0.1, 0.15) is 30.8 Å². The molecule has 0 unspecified atom stereocenters. The van der Waals surface area contributed by atoms with Crippen molar-refractivity contribution < 1.29 is 9.90 Å². The van der Waals surface area contributed by atoms with Gasteiger partial charge in [-0.25, -0.2) is 4.68 Å². The van der Waals surface area contributed by atoms with Crippen LogP contribution < -0.4 is 11.1 Å². The first-order valence-corrected chi connectivity index (χ1v) is 7.50. The van der Waals surface area contributed by atoms with E-state index in [0.29, 0.717) is 35.9 Å². The highest BCUT2D eigenvalue weighted by molar-refractivity contribution is 5.95. The molecule has 120 valence electrons. The second kappa shape index (κ2) is 6.21. The molecule has 4 N–H and O–H groups in total. The highest BCUT2D eigenvalue weighted by Crippen LogP contribution is 2.34. The SMILES string of the molecule is CC1=C(C(N)=O)[C@@H](c2ccccc2)n2nc(CCCO)nc2N1. The van der Waals surface area contributed by atoms with Crippen LogP contribution in [0, 0.1) is 0 Å². The molecule has 1 amide bonds. The summed E-state index contributed by atoms with van der Waals surface area (Å²) in [5.41, 5.74) is 7.67. The topological polar surface area (TPSA) is 106 Å². The van der Waals surface area contributed by atoms with Gasteiger partial charge in [-0.3, -0.25) is 4.79 Å². The average Bonchev–Trinajstić information content (AvgIpc) is 2.94. The largest absolute Gasteiger partial charge is 0.396 e. The summed E-state index contributed by atoms with van der Waals surface area (Å²) in [5.74, 6) is 0.720. The molecule has 1 aliphatic heterocycles. The van der Waals surface area contributed by atoms with Gasteiger partial charge in [-0.2, -0.15) is 10.1 Å². The number of primary amides is 1. The lowest BCUT2D eigenvalue weighted by molar-refractivity contribution is -0.115. The molecule has 2 heterocycles. The Morgan fingerprint density at radius 3 is 2.78 bits per heavy atom. The Labute approximate surface area is 133 Å². The number of anilines is 1. The van der Waals surface area contributed by atoms with E-state index in [9.17, 15) is 4.79 Å². The van der Waals surface area contributed by atoms with E-state index in [1.54, 1.807) is 4.68 Å². The molecular formula is C16H19N5O2. The third-order valence-corrected chi connectivity index (χ3v) is 3.84. The lowest BCUT2D eigenvalue weighted by atomic mass is 9.95. The monoisotopic (exact) mass is 313 g/mol. The number of aryl methyl sites for hydroxylation is 1. The number of aliphatic hydroxyl groups excluding tert-OH is 1. The minimum absolute atomic E-state index is 0.0865. The molecule has 1 aliphatic rings. The van der Waals surface area contributed by atoms with Gasteiger partial charge in [0, 0.05) is 18.7 Å². The number of aromatic nitrogens is 3. The molecule has 23 heavy (non-hydrogen) atoms. The molecule has 2 aromatic rings. The number of aliphatic hydroxyl groups is 1. The van der Waals surface area contributed by atoms with E-state index in [-0.39, 0.29) is 6.61 Å². The summed E-state index contributed by atoms with van der Waals surface area (Å²) < 4.78 is 1.69. The van der Waals surface area contributed by atoms with Gasteiger partial charge in [-0.1, -0.05) is 30.3 Å². The predicted octanol–water partition coefficient (Wildman–Crippen LogP) is 0.977. The molecule has 0 aliphatic carbocycles. The van der Waals surface area contributed by atoms with Crippen LogP contribution in [0.5, 0.6) is 0 Å². The van der Waals surface area contributed by atoms with E-state index in [1.165, 1.54) is 0 Å². The average molecular weight is 313 g/mol. The summed E-state index contributed by atoms with van der Waals surface area (Å²) >= 11 is 0. The van der Waals surface area contributed by atoms with Crippen LogP contribution in [0.25, 0.3) is 0 Å². The van der Waals surface area contributed by atoms with Crippen LogP contribution >= 0.6 is 0 Å². The fourth-order valence-corrected chi connectivity index (χ4v) is 2.80. The Hall–Kier alpha value is -2.67. The zero-order chi connectivity index (χ0) is 16.4. The van der Waals surface area contributed by atoms with Crippen molar-refractivity contribution in [2.45, 2.75) is 25.8 Å². The molecule has 0 bridgehead atoms. The Balaban J connectivity index is 2.09. The first-order chi connectivity index (χ1) is 11.1. The van der Waals surface area contributed by atoms with Crippen LogP contribution in [0.15, 0.2) is 41.6 Å². The van der Waals surface area contributed by atoms with Crippen molar-refractivity contribution in [3.8, 4) is 0 Å². The number of carbonyl (C=O) groups is 1. The van der Waals surface area contributed by atoms with Crippen molar-refractivity contribution in [2.24, 2.45) is 5.73 Å². The Kier molecular flexibility index (Phi) is 4.12. The number of fused-ring (bicyclic) bond motifs is 1. The Morgan fingerprint density at radius 1 is 1.39 bits per heavy atom. The minimum Gasteiger partial charge on any atom is -0.396 e. The van der Waals surface area contributed by atoms with E-state index in [0.717, 1.165) is 5.56 Å². The van der Waals surface area contributed by atoms with Crippen LogP contribution in [-0.4, -0.2) is 32.4 Å². The van der Waals surface area contributed by atoms with Crippen molar-refractivity contribution >= 4 is 11.9 Å². The van der Waals surface area contributed by atoms with Gasteiger partial charge < -0.3 is 16.2 Å². The van der Waals surface area contributed by atoms with Gasteiger partial charge in [0.05, 0.1) is 5.57 Å². The molecule has 7 nitrogen and oxygen atoms in total. The molecule has 1 aromatic heterocycles. The molecule has 1 aromatic carbocycles. The molecule has 0 spiro atoms. The van der Waals surface area contributed by atoms with Crippen molar-refractivity contribution in [3.05, 3.63) is 53.0 Å². The number of carbonyl (C=O) groups excluding carboxylic acids is 1. The molecule has 1 atom stereocenters. The second-order valence-electron chi connectivity index (χ2n) is 5.46. The van der Waals surface area contributed by atoms with E-state index in [2.05, 4.69) is 15.4 Å². The van der Waals surface area contributed by atoms with Crippen LogP contribution in [0.3, 0.4) is 0 Å². The molecule has 0 saturated carbocycles. The normalized spacial score (nSPS) is 16.9. The summed E-state index contributed by atoms with van der Waals surface area (Å²) in [5, 5.41) is 16.6. The summed E-state index contributed by atoms with van der Waals surface area (Å²) in [6.45, 7) is 1.89. The van der Waals surface area contributed by atoms with Gasteiger partial charge in [0.25, 0.3) is 0 Å². The summed E-state index contributed by atoms with van der Waals surface area (Å²) in [6.07, 6.45) is 1.17. The van der Waals surface area contributed by atoms with E-state index in [1.807, 2.05) is 37.3 Å². The maximum absolute atomic E-state index is 12.0. The minimum atomic E-state index is -0.484. The number of hydrogen-bond acceptors (Lipinski definition) is 5. The number of benzene rings is 1. The Bertz CT molecular complexity index is 751. The number of nitrogens with two attached hydrogens (primary N) is 1. The van der Waals surface area contributed by atoms with Gasteiger partial charge in [0.2, 0.25) is 11.9 Å². The summed E-state index contributed by atoms with van der Waals surface area (Å²) in [6, 6.07) is 9.21. The Morgan fingerprint density at radius 2 is 2.13 bits per heavy atom. The maximum Gasteiger partial charge on any atom is 0.248 e. The van der Waals surface area contributed by atoms with Gasteiger partial charge in [0.15, 0.2) is 5.82 Å². The third kappa shape index (κ3) is 2.83. The quantitative estimate of drug-likeness (QED) is 0.763. The molecule has 7 heteroatoms. The highest BCUT2D eigenvalue weighted by Gasteiger charge is 2.32. The molecule has 0 fully saturated rings. The van der Waals surface area contributed by atoms with Crippen molar-refractivity contribution in [2.75, 3.05) is 11.9 Å². The van der Waals surface area contributed by atoms with Crippen LogP contribution in [-0.2, 0) is 11.2 Å². The fourth-order valence-electron chi connectivity index (χ4n) is 2.80. The number of nitrogens with zero attached hydrogens (tertiary/aromatic N) is 3. The highest BCUT2D eigenvalue weighted by atomic mass is 16.3. The molecular weight excluding hydrogens is 294 g/mol. The molecule has 0 radical (unpaired) electrons. The summed E-state index contributed by atoms with van der Waals surface area (Å²) in [4.78, 5) is 16.4. The number of hydrogen-bond donors (Lipinski definition) is 3. The zero-order valence-corrected chi connectivity index (χ0v) is 12.9. The number of allylic oxidation sites excluding steroid dienone is 1. The van der Waals surface area contributed by atoms with Gasteiger partial charge in [-0.05, 0) is 18.9 Å². The van der Waals surface area contributed by atoms with Crippen LogP contribution in [0.4, 0.5) is 5.95 Å². The lowest BCUT2D eigenvalue weighted by Gasteiger charge is -2.27. The van der Waals surface area contributed by atoms with Crippen molar-refractivity contribution in [1.29, 1.82) is 0 Å². The van der Waals surface area contributed by atoms with E-state index in [4.69, 9.17) is 10.8 Å². The van der Waals surface area contributed by atoms with Gasteiger partial charge in [-0.15, -0.1) is 0 Å². The third-order valence-electron chi connectivity index (χ3n) is 3.84. The zero-order valence-electron chi connectivity index (χ0n) is 12.9. The van der Waals surface area contributed by atoms with Crippen molar-refractivity contribution in [3.63, 3.8) is 0 Å². The first-order valence-electron chi connectivity index (χ1n) is 7.50. The van der Waals surface area contributed by atoms with E-state index < -0.39 is 11.9 Å². The maximum atomic E-state index is 12.0.